The number of aromatic nitrogens is 3. The van der Waals surface area contributed by atoms with Crippen LogP contribution < -0.4 is 0 Å². The minimum atomic E-state index is -1.11. The molecular formula is C31H34N4O5. The number of aliphatic hydroxyl groups is 1. The van der Waals surface area contributed by atoms with Gasteiger partial charge in [0.05, 0.1) is 6.54 Å². The van der Waals surface area contributed by atoms with E-state index in [1.807, 2.05) is 54.1 Å². The van der Waals surface area contributed by atoms with Crippen molar-refractivity contribution < 1.29 is 23.9 Å². The molecule has 1 saturated carbocycles. The Balaban J connectivity index is 1.05. The van der Waals surface area contributed by atoms with Crippen LogP contribution >= 0.6 is 0 Å². The molecule has 40 heavy (non-hydrogen) atoms. The number of carbonyl (C=O) groups is 1. The first-order valence-electron chi connectivity index (χ1n) is 14.0. The number of ether oxygens (including phenoxy) is 2. The molecule has 2 aliphatic heterocycles. The van der Waals surface area contributed by atoms with Gasteiger partial charge in [0, 0.05) is 54.9 Å². The van der Waals surface area contributed by atoms with Crippen LogP contribution in [0.25, 0.3) is 11.3 Å². The third kappa shape index (κ3) is 6.04. The van der Waals surface area contributed by atoms with Gasteiger partial charge in [-0.15, -0.1) is 0 Å². The lowest BCUT2D eigenvalue weighted by Crippen LogP contribution is -2.42. The van der Waals surface area contributed by atoms with Gasteiger partial charge in [0.15, 0.2) is 12.1 Å². The normalized spacial score (nSPS) is 20.8. The maximum Gasteiger partial charge on any atom is 0.254 e. The highest BCUT2D eigenvalue weighted by Crippen LogP contribution is 2.37. The lowest BCUT2D eigenvalue weighted by molar-refractivity contribution is -0.188. The predicted octanol–water partition coefficient (Wildman–Crippen LogP) is 4.23. The van der Waals surface area contributed by atoms with E-state index in [1.165, 1.54) is 0 Å². The Morgan fingerprint density at radius 1 is 1.25 bits per heavy atom. The highest BCUT2D eigenvalue weighted by molar-refractivity contribution is 5.88. The SMILES string of the molecule is C[C@H](OC1CCCCO1)c1nccn1Cc1cc(-c2ccc(C#CC3=CCN(C(=O)C4(O)CC4)CC3)cc2)on1. The van der Waals surface area contributed by atoms with E-state index < -0.39 is 5.60 Å². The molecule has 4 heterocycles. The summed E-state index contributed by atoms with van der Waals surface area (Å²) in [5, 5.41) is 14.3. The molecular weight excluding hydrogens is 508 g/mol. The molecule has 1 amide bonds. The average Bonchev–Trinajstić information content (AvgIpc) is 3.34. The summed E-state index contributed by atoms with van der Waals surface area (Å²) in [5.41, 5.74) is 2.52. The molecule has 3 aromatic rings. The van der Waals surface area contributed by atoms with E-state index in [-0.39, 0.29) is 18.3 Å². The van der Waals surface area contributed by atoms with Gasteiger partial charge in [0.25, 0.3) is 5.91 Å². The lowest BCUT2D eigenvalue weighted by atomic mass is 10.1. The van der Waals surface area contributed by atoms with E-state index in [2.05, 4.69) is 22.0 Å². The Labute approximate surface area is 233 Å². The Kier molecular flexibility index (Phi) is 7.57. The summed E-state index contributed by atoms with van der Waals surface area (Å²) < 4.78 is 19.5. The van der Waals surface area contributed by atoms with E-state index in [1.54, 1.807) is 11.1 Å². The van der Waals surface area contributed by atoms with Gasteiger partial charge < -0.3 is 28.6 Å². The number of amides is 1. The van der Waals surface area contributed by atoms with Crippen molar-refractivity contribution in [2.75, 3.05) is 19.7 Å². The minimum Gasteiger partial charge on any atom is -0.380 e. The summed E-state index contributed by atoms with van der Waals surface area (Å²) in [7, 11) is 0. The van der Waals surface area contributed by atoms with E-state index in [0.717, 1.165) is 54.1 Å². The topological polar surface area (TPSA) is 103 Å². The van der Waals surface area contributed by atoms with E-state index in [9.17, 15) is 9.90 Å². The third-order valence-corrected chi connectivity index (χ3v) is 7.65. The molecule has 6 rings (SSSR count). The summed E-state index contributed by atoms with van der Waals surface area (Å²) in [6, 6.07) is 9.82. The number of nitrogens with zero attached hydrogens (tertiary/aromatic N) is 4. The Morgan fingerprint density at radius 3 is 2.83 bits per heavy atom. The number of hydrogen-bond acceptors (Lipinski definition) is 7. The molecule has 3 aliphatic rings. The molecule has 0 bridgehead atoms. The molecule has 0 spiro atoms. The van der Waals surface area contributed by atoms with Gasteiger partial charge >= 0.3 is 0 Å². The zero-order chi connectivity index (χ0) is 27.5. The van der Waals surface area contributed by atoms with Crippen LogP contribution in [0.1, 0.15) is 68.6 Å². The summed E-state index contributed by atoms with van der Waals surface area (Å²) in [6.07, 6.45) is 10.3. The minimum absolute atomic E-state index is 0.152. The monoisotopic (exact) mass is 542 g/mol. The second-order valence-corrected chi connectivity index (χ2v) is 10.8. The van der Waals surface area contributed by atoms with Crippen LogP contribution in [-0.2, 0) is 20.8 Å². The van der Waals surface area contributed by atoms with Gasteiger partial charge in [-0.2, -0.15) is 0 Å². The van der Waals surface area contributed by atoms with Crippen molar-refractivity contribution in [3.63, 3.8) is 0 Å². The summed E-state index contributed by atoms with van der Waals surface area (Å²) in [4.78, 5) is 18.5. The van der Waals surface area contributed by atoms with Crippen molar-refractivity contribution in [3.05, 3.63) is 71.5 Å². The largest absolute Gasteiger partial charge is 0.380 e. The lowest BCUT2D eigenvalue weighted by Gasteiger charge is -2.27. The number of rotatable bonds is 7. The van der Waals surface area contributed by atoms with Gasteiger partial charge in [-0.3, -0.25) is 4.79 Å². The van der Waals surface area contributed by atoms with Gasteiger partial charge in [0.1, 0.15) is 23.2 Å². The van der Waals surface area contributed by atoms with E-state index in [0.29, 0.717) is 44.7 Å². The van der Waals surface area contributed by atoms with E-state index in [4.69, 9.17) is 14.0 Å². The van der Waals surface area contributed by atoms with Gasteiger partial charge in [-0.25, -0.2) is 4.98 Å². The van der Waals surface area contributed by atoms with Crippen LogP contribution in [0.2, 0.25) is 0 Å². The van der Waals surface area contributed by atoms with Crippen molar-refractivity contribution in [3.8, 4) is 23.2 Å². The van der Waals surface area contributed by atoms with Crippen LogP contribution in [0.5, 0.6) is 0 Å². The second-order valence-electron chi connectivity index (χ2n) is 10.8. The van der Waals surface area contributed by atoms with Crippen molar-refractivity contribution in [2.24, 2.45) is 0 Å². The fourth-order valence-electron chi connectivity index (χ4n) is 5.08. The maximum absolute atomic E-state index is 12.3. The Hall–Kier alpha value is -3.71. The molecule has 2 aromatic heterocycles. The molecule has 1 aromatic carbocycles. The van der Waals surface area contributed by atoms with Crippen molar-refractivity contribution in [2.45, 2.75) is 70.0 Å². The zero-order valence-corrected chi connectivity index (χ0v) is 22.7. The molecule has 1 saturated heterocycles. The van der Waals surface area contributed by atoms with Gasteiger partial charge in [-0.1, -0.05) is 23.1 Å². The highest BCUT2D eigenvalue weighted by Gasteiger charge is 2.50. The third-order valence-electron chi connectivity index (χ3n) is 7.65. The van der Waals surface area contributed by atoms with Crippen LogP contribution in [0.15, 0.2) is 58.9 Å². The first-order chi connectivity index (χ1) is 19.5. The van der Waals surface area contributed by atoms with Crippen molar-refractivity contribution in [1.82, 2.24) is 19.6 Å². The van der Waals surface area contributed by atoms with Crippen LogP contribution in [-0.4, -0.2) is 62.2 Å². The molecule has 1 unspecified atom stereocenters. The standard InChI is InChI=1S/C31H34N4O5/c1-22(39-28-4-2-3-19-38-28)29-32-15-18-35(29)21-26-20-27(40-33-26)25-9-7-23(8-10-25)5-6-24-11-16-34(17-12-24)30(36)31(37)13-14-31/h7-11,15,18,20,22,28,37H,2-4,12-14,16-17,19,21H2,1H3/t22-,28?/m0/s1. The first-order valence-corrected chi connectivity index (χ1v) is 14.0. The predicted molar refractivity (Wildman–Crippen MR) is 147 cm³/mol. The quantitative estimate of drug-likeness (QED) is 0.446. The molecule has 0 radical (unpaired) electrons. The molecule has 9 nitrogen and oxygen atoms in total. The first kappa shape index (κ1) is 26.5. The summed E-state index contributed by atoms with van der Waals surface area (Å²) >= 11 is 0. The Bertz CT molecular complexity index is 1430. The maximum atomic E-state index is 12.3. The fourth-order valence-corrected chi connectivity index (χ4v) is 5.08. The van der Waals surface area contributed by atoms with Crippen LogP contribution in [0.3, 0.4) is 0 Å². The smallest absolute Gasteiger partial charge is 0.254 e. The van der Waals surface area contributed by atoms with Crippen LogP contribution in [0.4, 0.5) is 0 Å². The summed E-state index contributed by atoms with van der Waals surface area (Å²) in [5.74, 6) is 7.80. The average molecular weight is 543 g/mol. The number of carbonyl (C=O) groups excluding carboxylic acids is 1. The second kappa shape index (κ2) is 11.4. The number of hydrogen-bond donors (Lipinski definition) is 1. The zero-order valence-electron chi connectivity index (χ0n) is 22.7. The van der Waals surface area contributed by atoms with Crippen molar-refractivity contribution in [1.29, 1.82) is 0 Å². The summed E-state index contributed by atoms with van der Waals surface area (Å²) in [6.45, 7) is 4.36. The van der Waals surface area contributed by atoms with Gasteiger partial charge in [0.2, 0.25) is 0 Å². The molecule has 1 aliphatic carbocycles. The van der Waals surface area contributed by atoms with Crippen molar-refractivity contribution >= 4 is 5.91 Å². The molecule has 1 N–H and O–H groups in total. The highest BCUT2D eigenvalue weighted by atomic mass is 16.7. The molecule has 2 atom stereocenters. The molecule has 9 heteroatoms. The van der Waals surface area contributed by atoms with Gasteiger partial charge in [-0.05, 0) is 69.7 Å². The number of benzene rings is 1. The molecule has 208 valence electrons. The van der Waals surface area contributed by atoms with Crippen LogP contribution in [0, 0.1) is 11.8 Å². The fraction of sp³-hybridized carbons (Fsp3) is 0.452. The van der Waals surface area contributed by atoms with E-state index >= 15 is 0 Å². The number of imidazole rings is 1. The molecule has 2 fully saturated rings. The Morgan fingerprint density at radius 2 is 2.10 bits per heavy atom.